The van der Waals surface area contributed by atoms with Crippen molar-refractivity contribution in [1.82, 2.24) is 19.6 Å². The molecule has 0 spiro atoms. The van der Waals surface area contributed by atoms with Crippen molar-refractivity contribution in [3.05, 3.63) is 48.3 Å². The van der Waals surface area contributed by atoms with Gasteiger partial charge in [-0.2, -0.15) is 5.10 Å². The average molecular weight is 300 g/mol. The molecule has 1 aromatic heterocycles. The fraction of sp³-hybridized carbons (Fsp3) is 0.375. The zero-order valence-corrected chi connectivity index (χ0v) is 12.4. The van der Waals surface area contributed by atoms with Gasteiger partial charge in [-0.1, -0.05) is 18.2 Å². The van der Waals surface area contributed by atoms with Gasteiger partial charge >= 0.3 is 0 Å². The molecule has 0 radical (unpaired) electrons. The number of aliphatic hydroxyl groups excluding tert-OH is 1. The predicted molar refractivity (Wildman–Crippen MR) is 83.0 cm³/mol. The lowest BCUT2D eigenvalue weighted by Gasteiger charge is -2.33. The molecule has 1 N–H and O–H groups in total. The predicted octanol–water partition coefficient (Wildman–Crippen LogP) is 0.622. The van der Waals surface area contributed by atoms with Crippen molar-refractivity contribution in [3.63, 3.8) is 0 Å². The van der Waals surface area contributed by atoms with Crippen LogP contribution in [0.4, 0.5) is 0 Å². The van der Waals surface area contributed by atoms with Gasteiger partial charge in [-0.25, -0.2) is 4.68 Å². The molecular weight excluding hydrogens is 280 g/mol. The second-order valence-corrected chi connectivity index (χ2v) is 5.34. The Morgan fingerprint density at radius 1 is 1.09 bits per heavy atom. The monoisotopic (exact) mass is 300 g/mol. The summed E-state index contributed by atoms with van der Waals surface area (Å²) in [6.45, 7) is 3.78. The maximum Gasteiger partial charge on any atom is 0.274 e. The maximum absolute atomic E-state index is 12.5. The Kier molecular flexibility index (Phi) is 4.50. The molecule has 116 valence electrons. The van der Waals surface area contributed by atoms with Gasteiger partial charge in [0.25, 0.3) is 5.91 Å². The lowest BCUT2D eigenvalue weighted by Crippen LogP contribution is -2.49. The molecule has 2 aromatic rings. The minimum Gasteiger partial charge on any atom is -0.395 e. The molecule has 1 aliphatic rings. The summed E-state index contributed by atoms with van der Waals surface area (Å²) in [5, 5.41) is 13.3. The third kappa shape index (κ3) is 3.18. The summed E-state index contributed by atoms with van der Waals surface area (Å²) >= 11 is 0. The normalized spacial score (nSPS) is 16.0. The highest BCUT2D eigenvalue weighted by atomic mass is 16.3. The number of hydrogen-bond donors (Lipinski definition) is 1. The minimum absolute atomic E-state index is 0.0293. The number of amides is 1. The SMILES string of the molecule is O=C(c1ccn(-c2ccccc2)n1)N1CCN(CCO)CC1. The van der Waals surface area contributed by atoms with Crippen LogP contribution >= 0.6 is 0 Å². The molecule has 0 atom stereocenters. The topological polar surface area (TPSA) is 61.6 Å². The molecule has 0 aliphatic carbocycles. The molecule has 6 nitrogen and oxygen atoms in total. The third-order valence-electron chi connectivity index (χ3n) is 3.90. The second kappa shape index (κ2) is 6.72. The summed E-state index contributed by atoms with van der Waals surface area (Å²) in [5.41, 5.74) is 1.41. The first-order valence-electron chi connectivity index (χ1n) is 7.51. The summed E-state index contributed by atoms with van der Waals surface area (Å²) in [5.74, 6) is -0.0293. The van der Waals surface area contributed by atoms with Gasteiger partial charge in [0.15, 0.2) is 5.69 Å². The van der Waals surface area contributed by atoms with E-state index in [1.807, 2.05) is 41.4 Å². The van der Waals surface area contributed by atoms with Crippen molar-refractivity contribution >= 4 is 5.91 Å². The van der Waals surface area contributed by atoms with Crippen LogP contribution in [0, 0.1) is 0 Å². The lowest BCUT2D eigenvalue weighted by atomic mass is 10.3. The molecule has 2 heterocycles. The Morgan fingerprint density at radius 2 is 1.82 bits per heavy atom. The molecule has 6 heteroatoms. The van der Waals surface area contributed by atoms with Crippen molar-refractivity contribution in [2.45, 2.75) is 0 Å². The van der Waals surface area contributed by atoms with Crippen LogP contribution in [0.25, 0.3) is 5.69 Å². The van der Waals surface area contributed by atoms with E-state index in [0.29, 0.717) is 25.3 Å². The van der Waals surface area contributed by atoms with E-state index in [2.05, 4.69) is 10.00 Å². The van der Waals surface area contributed by atoms with E-state index >= 15 is 0 Å². The Hall–Kier alpha value is -2.18. The fourth-order valence-corrected chi connectivity index (χ4v) is 2.64. The van der Waals surface area contributed by atoms with E-state index in [-0.39, 0.29) is 12.5 Å². The molecule has 0 bridgehead atoms. The fourth-order valence-electron chi connectivity index (χ4n) is 2.64. The molecular formula is C16H20N4O2. The summed E-state index contributed by atoms with van der Waals surface area (Å²) in [6.07, 6.45) is 1.81. The molecule has 1 aromatic carbocycles. The summed E-state index contributed by atoms with van der Waals surface area (Å²) in [6, 6.07) is 11.5. The Bertz CT molecular complexity index is 618. The number of nitrogens with zero attached hydrogens (tertiary/aromatic N) is 4. The number of piperazine rings is 1. The smallest absolute Gasteiger partial charge is 0.274 e. The number of carbonyl (C=O) groups excluding carboxylic acids is 1. The van der Waals surface area contributed by atoms with E-state index < -0.39 is 0 Å². The zero-order valence-electron chi connectivity index (χ0n) is 12.4. The first kappa shape index (κ1) is 14.7. The van der Waals surface area contributed by atoms with Crippen LogP contribution in [0.2, 0.25) is 0 Å². The lowest BCUT2D eigenvalue weighted by molar-refractivity contribution is 0.0609. The largest absolute Gasteiger partial charge is 0.395 e. The van der Waals surface area contributed by atoms with Crippen molar-refractivity contribution < 1.29 is 9.90 Å². The van der Waals surface area contributed by atoms with Gasteiger partial charge in [-0.05, 0) is 18.2 Å². The summed E-state index contributed by atoms with van der Waals surface area (Å²) < 4.78 is 1.72. The van der Waals surface area contributed by atoms with Crippen molar-refractivity contribution in [1.29, 1.82) is 0 Å². The molecule has 22 heavy (non-hydrogen) atoms. The van der Waals surface area contributed by atoms with Crippen LogP contribution in [0.3, 0.4) is 0 Å². The molecule has 0 unspecified atom stereocenters. The molecule has 1 amide bonds. The Morgan fingerprint density at radius 3 is 2.50 bits per heavy atom. The van der Waals surface area contributed by atoms with E-state index in [0.717, 1.165) is 18.8 Å². The quantitative estimate of drug-likeness (QED) is 0.899. The highest BCUT2D eigenvalue weighted by molar-refractivity contribution is 5.92. The minimum atomic E-state index is -0.0293. The number of para-hydroxylation sites is 1. The average Bonchev–Trinajstić information content (AvgIpc) is 3.06. The molecule has 3 rings (SSSR count). The van der Waals surface area contributed by atoms with Gasteiger partial charge in [-0.3, -0.25) is 9.69 Å². The van der Waals surface area contributed by atoms with E-state index in [1.165, 1.54) is 0 Å². The van der Waals surface area contributed by atoms with Gasteiger partial charge in [0.05, 0.1) is 12.3 Å². The van der Waals surface area contributed by atoms with Crippen LogP contribution in [0.15, 0.2) is 42.6 Å². The number of β-amino-alcohol motifs (C(OH)–C–C–N with tert-alkyl or cyclic N) is 1. The van der Waals surface area contributed by atoms with Gasteiger partial charge in [-0.15, -0.1) is 0 Å². The van der Waals surface area contributed by atoms with E-state index in [9.17, 15) is 4.79 Å². The highest BCUT2D eigenvalue weighted by Gasteiger charge is 2.23. The van der Waals surface area contributed by atoms with Crippen molar-refractivity contribution in [2.24, 2.45) is 0 Å². The summed E-state index contributed by atoms with van der Waals surface area (Å²) in [4.78, 5) is 16.5. The molecule has 1 aliphatic heterocycles. The van der Waals surface area contributed by atoms with Crippen LogP contribution in [0.1, 0.15) is 10.5 Å². The van der Waals surface area contributed by atoms with Crippen LogP contribution < -0.4 is 0 Å². The van der Waals surface area contributed by atoms with E-state index in [1.54, 1.807) is 10.7 Å². The number of carbonyl (C=O) groups is 1. The molecule has 0 saturated carbocycles. The first-order chi connectivity index (χ1) is 10.8. The van der Waals surface area contributed by atoms with Gasteiger partial charge in [0, 0.05) is 38.9 Å². The van der Waals surface area contributed by atoms with Crippen molar-refractivity contribution in [2.75, 3.05) is 39.3 Å². The Balaban J connectivity index is 1.65. The number of aromatic nitrogens is 2. The highest BCUT2D eigenvalue weighted by Crippen LogP contribution is 2.10. The summed E-state index contributed by atoms with van der Waals surface area (Å²) in [7, 11) is 0. The molecule has 1 saturated heterocycles. The number of rotatable bonds is 4. The van der Waals surface area contributed by atoms with Gasteiger partial charge in [0.2, 0.25) is 0 Å². The standard InChI is InChI=1S/C16H20N4O2/c21-13-12-18-8-10-19(11-9-18)16(22)15-6-7-20(17-15)14-4-2-1-3-5-14/h1-7,21H,8-13H2. The Labute approximate surface area is 129 Å². The number of aliphatic hydroxyl groups is 1. The molecule has 1 fully saturated rings. The number of hydrogen-bond acceptors (Lipinski definition) is 4. The zero-order chi connectivity index (χ0) is 15.4. The first-order valence-corrected chi connectivity index (χ1v) is 7.51. The van der Waals surface area contributed by atoms with Gasteiger partial charge in [0.1, 0.15) is 0 Å². The third-order valence-corrected chi connectivity index (χ3v) is 3.90. The van der Waals surface area contributed by atoms with E-state index in [4.69, 9.17) is 5.11 Å². The van der Waals surface area contributed by atoms with Crippen LogP contribution in [0.5, 0.6) is 0 Å². The number of benzene rings is 1. The maximum atomic E-state index is 12.5. The van der Waals surface area contributed by atoms with Crippen LogP contribution in [-0.4, -0.2) is 69.9 Å². The second-order valence-electron chi connectivity index (χ2n) is 5.34. The van der Waals surface area contributed by atoms with Gasteiger partial charge < -0.3 is 10.0 Å². The van der Waals surface area contributed by atoms with Crippen molar-refractivity contribution in [3.8, 4) is 5.69 Å². The van der Waals surface area contributed by atoms with Crippen LogP contribution in [-0.2, 0) is 0 Å².